The lowest BCUT2D eigenvalue weighted by atomic mass is 10.2. The van der Waals surface area contributed by atoms with Gasteiger partial charge < -0.3 is 10.1 Å². The highest BCUT2D eigenvalue weighted by Gasteiger charge is 2.27. The SMILES string of the molecule is COc1cccc(N(CC(=O)Nc2cccc([N+](=O)[O-])c2)S(=O)(=O)c2ccccc2)c1. The third-order valence-corrected chi connectivity index (χ3v) is 6.09. The van der Waals surface area contributed by atoms with Gasteiger partial charge in [0.05, 0.1) is 22.6 Å². The molecule has 0 atom stereocenters. The van der Waals surface area contributed by atoms with Crippen LogP contribution in [0.15, 0.2) is 83.8 Å². The van der Waals surface area contributed by atoms with Crippen LogP contribution in [-0.4, -0.2) is 32.9 Å². The number of nitro benzene ring substituents is 1. The number of ether oxygens (including phenoxy) is 1. The van der Waals surface area contributed by atoms with Gasteiger partial charge in [0.1, 0.15) is 12.3 Å². The zero-order valence-electron chi connectivity index (χ0n) is 16.5. The number of nitrogens with one attached hydrogen (secondary N) is 1. The van der Waals surface area contributed by atoms with Crippen LogP contribution < -0.4 is 14.4 Å². The lowest BCUT2D eigenvalue weighted by Gasteiger charge is -2.24. The molecule has 160 valence electrons. The molecule has 3 aromatic rings. The van der Waals surface area contributed by atoms with E-state index in [1.807, 2.05) is 0 Å². The van der Waals surface area contributed by atoms with Crippen LogP contribution in [0.1, 0.15) is 0 Å². The van der Waals surface area contributed by atoms with E-state index in [1.54, 1.807) is 36.4 Å². The van der Waals surface area contributed by atoms with Gasteiger partial charge in [0.2, 0.25) is 5.91 Å². The number of sulfonamides is 1. The molecule has 1 amide bonds. The van der Waals surface area contributed by atoms with Crippen LogP contribution in [0.3, 0.4) is 0 Å². The fraction of sp³-hybridized carbons (Fsp3) is 0.0952. The quantitative estimate of drug-likeness (QED) is 0.422. The number of methoxy groups -OCH3 is 1. The van der Waals surface area contributed by atoms with Crippen LogP contribution in [0.4, 0.5) is 17.1 Å². The number of hydrogen-bond acceptors (Lipinski definition) is 6. The van der Waals surface area contributed by atoms with Gasteiger partial charge in [-0.25, -0.2) is 8.42 Å². The number of anilines is 2. The largest absolute Gasteiger partial charge is 0.497 e. The molecule has 0 aromatic heterocycles. The van der Waals surface area contributed by atoms with E-state index in [9.17, 15) is 23.3 Å². The fourth-order valence-corrected chi connectivity index (χ4v) is 4.26. The topological polar surface area (TPSA) is 119 Å². The molecule has 3 rings (SSSR count). The van der Waals surface area contributed by atoms with Gasteiger partial charge in [-0.05, 0) is 30.3 Å². The monoisotopic (exact) mass is 441 g/mol. The Bertz CT molecular complexity index is 1200. The maximum atomic E-state index is 13.3. The van der Waals surface area contributed by atoms with Crippen molar-refractivity contribution >= 4 is 33.0 Å². The second-order valence-corrected chi connectivity index (χ2v) is 8.24. The number of benzene rings is 3. The van der Waals surface area contributed by atoms with Gasteiger partial charge in [-0.1, -0.05) is 30.3 Å². The minimum Gasteiger partial charge on any atom is -0.497 e. The highest BCUT2D eigenvalue weighted by atomic mass is 32.2. The highest BCUT2D eigenvalue weighted by molar-refractivity contribution is 7.92. The molecular weight excluding hydrogens is 422 g/mol. The number of rotatable bonds is 8. The number of amides is 1. The van der Waals surface area contributed by atoms with E-state index in [2.05, 4.69) is 5.32 Å². The molecule has 0 aliphatic heterocycles. The van der Waals surface area contributed by atoms with Crippen molar-refractivity contribution in [2.75, 3.05) is 23.3 Å². The van der Waals surface area contributed by atoms with Gasteiger partial charge in [0, 0.05) is 23.9 Å². The normalized spacial score (nSPS) is 10.9. The Morgan fingerprint density at radius 1 is 1.03 bits per heavy atom. The number of hydrogen-bond donors (Lipinski definition) is 1. The Morgan fingerprint density at radius 3 is 2.42 bits per heavy atom. The first-order chi connectivity index (χ1) is 14.8. The van der Waals surface area contributed by atoms with E-state index in [-0.39, 0.29) is 22.0 Å². The maximum Gasteiger partial charge on any atom is 0.271 e. The van der Waals surface area contributed by atoms with Gasteiger partial charge >= 0.3 is 0 Å². The van der Waals surface area contributed by atoms with Crippen molar-refractivity contribution in [1.29, 1.82) is 0 Å². The number of non-ortho nitro benzene ring substituents is 1. The first-order valence-corrected chi connectivity index (χ1v) is 10.5. The molecule has 0 unspecified atom stereocenters. The van der Waals surface area contributed by atoms with Crippen molar-refractivity contribution in [3.8, 4) is 5.75 Å². The van der Waals surface area contributed by atoms with Crippen molar-refractivity contribution in [3.05, 3.63) is 89.0 Å². The van der Waals surface area contributed by atoms with Gasteiger partial charge in [0.15, 0.2) is 0 Å². The summed E-state index contributed by atoms with van der Waals surface area (Å²) in [6, 6.07) is 19.4. The number of carbonyl (C=O) groups is 1. The van der Waals surface area contributed by atoms with Gasteiger partial charge in [-0.15, -0.1) is 0 Å². The van der Waals surface area contributed by atoms with E-state index in [0.29, 0.717) is 5.75 Å². The molecule has 0 heterocycles. The second kappa shape index (κ2) is 9.26. The predicted octanol–water partition coefficient (Wildman–Crippen LogP) is 3.44. The summed E-state index contributed by atoms with van der Waals surface area (Å²) in [5, 5.41) is 13.5. The molecule has 0 bridgehead atoms. The van der Waals surface area contributed by atoms with Gasteiger partial charge in [-0.3, -0.25) is 19.2 Å². The molecule has 0 aliphatic rings. The Labute approximate surface area is 179 Å². The summed E-state index contributed by atoms with van der Waals surface area (Å²) in [5.74, 6) is -0.243. The lowest BCUT2D eigenvalue weighted by molar-refractivity contribution is -0.384. The molecule has 0 spiro atoms. The summed E-state index contributed by atoms with van der Waals surface area (Å²) in [7, 11) is -2.63. The smallest absolute Gasteiger partial charge is 0.271 e. The summed E-state index contributed by atoms with van der Waals surface area (Å²) in [5.41, 5.74) is 0.221. The molecule has 0 fully saturated rings. The van der Waals surface area contributed by atoms with Gasteiger partial charge in [0.25, 0.3) is 15.7 Å². The molecule has 3 aromatic carbocycles. The maximum absolute atomic E-state index is 13.3. The van der Waals surface area contributed by atoms with Crippen LogP contribution in [0.5, 0.6) is 5.75 Å². The molecule has 31 heavy (non-hydrogen) atoms. The number of carbonyl (C=O) groups excluding carboxylic acids is 1. The van der Waals surface area contributed by atoms with Crippen LogP contribution in [0.25, 0.3) is 0 Å². The summed E-state index contributed by atoms with van der Waals surface area (Å²) in [6.45, 7) is -0.549. The molecule has 0 saturated heterocycles. The molecule has 0 saturated carbocycles. The van der Waals surface area contributed by atoms with Gasteiger partial charge in [-0.2, -0.15) is 0 Å². The zero-order valence-corrected chi connectivity index (χ0v) is 17.3. The Kier molecular flexibility index (Phi) is 6.51. The van der Waals surface area contributed by atoms with Crippen molar-refractivity contribution in [3.63, 3.8) is 0 Å². The van der Waals surface area contributed by atoms with E-state index in [1.165, 1.54) is 49.6 Å². The van der Waals surface area contributed by atoms with E-state index in [0.717, 1.165) is 4.31 Å². The number of nitrogens with zero attached hydrogens (tertiary/aromatic N) is 2. The lowest BCUT2D eigenvalue weighted by Crippen LogP contribution is -2.38. The summed E-state index contributed by atoms with van der Waals surface area (Å²) in [6.07, 6.45) is 0. The van der Waals surface area contributed by atoms with E-state index >= 15 is 0 Å². The minimum atomic E-state index is -4.08. The van der Waals surface area contributed by atoms with E-state index in [4.69, 9.17) is 4.74 Å². The highest BCUT2D eigenvalue weighted by Crippen LogP contribution is 2.27. The van der Waals surface area contributed by atoms with E-state index < -0.39 is 27.4 Å². The Hall–Kier alpha value is -3.92. The zero-order chi connectivity index (χ0) is 22.4. The average molecular weight is 441 g/mol. The number of nitro groups is 1. The molecular formula is C21H19N3O6S. The fourth-order valence-electron chi connectivity index (χ4n) is 2.83. The summed E-state index contributed by atoms with van der Waals surface area (Å²) < 4.78 is 32.7. The van der Waals surface area contributed by atoms with Crippen LogP contribution in [0.2, 0.25) is 0 Å². The Morgan fingerprint density at radius 2 is 1.74 bits per heavy atom. The van der Waals surface area contributed by atoms with Crippen molar-refractivity contribution in [2.45, 2.75) is 4.90 Å². The van der Waals surface area contributed by atoms with Crippen molar-refractivity contribution in [1.82, 2.24) is 0 Å². The first kappa shape index (κ1) is 21.8. The third-order valence-electron chi connectivity index (χ3n) is 4.30. The molecule has 0 radical (unpaired) electrons. The average Bonchev–Trinajstić information content (AvgIpc) is 2.78. The standard InChI is InChI=1S/C21H19N3O6S/c1-30-19-10-6-8-17(14-19)23(31(28,29)20-11-3-2-4-12-20)15-21(25)22-16-7-5-9-18(13-16)24(26)27/h2-14H,15H2,1H3,(H,22,25). The van der Waals surface area contributed by atoms with Crippen LogP contribution in [0, 0.1) is 10.1 Å². The Balaban J connectivity index is 1.94. The summed E-state index contributed by atoms with van der Waals surface area (Å²) >= 11 is 0. The van der Waals surface area contributed by atoms with Crippen molar-refractivity contribution < 1.29 is 22.9 Å². The summed E-state index contributed by atoms with van der Waals surface area (Å²) in [4.78, 5) is 23.1. The van der Waals surface area contributed by atoms with Crippen molar-refractivity contribution in [2.24, 2.45) is 0 Å². The molecule has 1 N–H and O–H groups in total. The second-order valence-electron chi connectivity index (χ2n) is 6.38. The third kappa shape index (κ3) is 5.17. The molecule has 0 aliphatic carbocycles. The molecule has 9 nitrogen and oxygen atoms in total. The molecule has 10 heteroatoms. The van der Waals surface area contributed by atoms with Crippen LogP contribution >= 0.6 is 0 Å². The first-order valence-electron chi connectivity index (χ1n) is 9.07. The predicted molar refractivity (Wildman–Crippen MR) is 116 cm³/mol. The van der Waals surface area contributed by atoms with Crippen LogP contribution in [-0.2, 0) is 14.8 Å². The minimum absolute atomic E-state index is 0.0148.